The highest BCUT2D eigenvalue weighted by molar-refractivity contribution is 5.76. The first-order chi connectivity index (χ1) is 11.4. The van der Waals surface area contributed by atoms with Crippen LogP contribution in [0.2, 0.25) is 0 Å². The topological polar surface area (TPSA) is 88.1 Å². The van der Waals surface area contributed by atoms with Crippen LogP contribution < -0.4 is 11.2 Å². The Morgan fingerprint density at radius 2 is 1.83 bits per heavy atom. The molecule has 0 aromatic carbocycles. The number of hydrogen-bond donors (Lipinski definition) is 0. The summed E-state index contributed by atoms with van der Waals surface area (Å²) in [5, 5.41) is 9.15. The molecule has 1 aromatic heterocycles. The van der Waals surface area contributed by atoms with E-state index >= 15 is 0 Å². The number of hydrogen-bond acceptors (Lipinski definition) is 4. The number of piperidine rings is 1. The summed E-state index contributed by atoms with van der Waals surface area (Å²) in [4.78, 5) is 39.4. The molecule has 2 fully saturated rings. The lowest BCUT2D eigenvalue weighted by Crippen LogP contribution is -2.51. The first kappa shape index (κ1) is 16.5. The van der Waals surface area contributed by atoms with Gasteiger partial charge in [0.1, 0.15) is 18.2 Å². The van der Waals surface area contributed by atoms with Crippen molar-refractivity contribution in [1.29, 1.82) is 5.26 Å². The van der Waals surface area contributed by atoms with E-state index in [-0.39, 0.29) is 36.1 Å². The molecule has 7 heteroatoms. The van der Waals surface area contributed by atoms with Gasteiger partial charge in [-0.2, -0.15) is 5.26 Å². The molecular formula is C17H22N4O3. The van der Waals surface area contributed by atoms with Gasteiger partial charge in [0.15, 0.2) is 0 Å². The van der Waals surface area contributed by atoms with Crippen molar-refractivity contribution < 1.29 is 4.79 Å². The van der Waals surface area contributed by atoms with E-state index < -0.39 is 11.2 Å². The van der Waals surface area contributed by atoms with Crippen LogP contribution >= 0.6 is 0 Å². The molecule has 0 unspecified atom stereocenters. The number of nitriles is 1. The summed E-state index contributed by atoms with van der Waals surface area (Å²) in [5.41, 5.74) is -1.26. The van der Waals surface area contributed by atoms with Crippen molar-refractivity contribution in [3.05, 3.63) is 32.6 Å². The maximum Gasteiger partial charge on any atom is 0.331 e. The average Bonchev–Trinajstić information content (AvgIpc) is 3.36. The van der Waals surface area contributed by atoms with Crippen molar-refractivity contribution in [2.45, 2.75) is 70.6 Å². The zero-order chi connectivity index (χ0) is 17.4. The van der Waals surface area contributed by atoms with E-state index in [4.69, 9.17) is 5.26 Å². The predicted molar refractivity (Wildman–Crippen MR) is 87.6 cm³/mol. The average molecular weight is 330 g/mol. The first-order valence-electron chi connectivity index (χ1n) is 8.51. The molecule has 3 rings (SSSR count). The van der Waals surface area contributed by atoms with Gasteiger partial charge in [-0.1, -0.05) is 0 Å². The third-order valence-electron chi connectivity index (χ3n) is 5.03. The predicted octanol–water partition coefficient (Wildman–Crippen LogP) is 1.01. The van der Waals surface area contributed by atoms with E-state index in [9.17, 15) is 14.4 Å². The third-order valence-corrected chi connectivity index (χ3v) is 5.03. The Balaban J connectivity index is 1.96. The van der Waals surface area contributed by atoms with Gasteiger partial charge in [0.25, 0.3) is 5.56 Å². The van der Waals surface area contributed by atoms with Crippen LogP contribution in [0.1, 0.15) is 57.6 Å². The molecule has 1 amide bonds. The molecule has 1 aromatic rings. The molecule has 2 atom stereocenters. The molecule has 1 saturated carbocycles. The minimum Gasteiger partial charge on any atom is -0.336 e. The fourth-order valence-corrected chi connectivity index (χ4v) is 3.58. The summed E-state index contributed by atoms with van der Waals surface area (Å²) in [6.07, 6.45) is 5.97. The van der Waals surface area contributed by atoms with Crippen molar-refractivity contribution in [2.75, 3.05) is 0 Å². The van der Waals surface area contributed by atoms with E-state index in [1.165, 1.54) is 10.8 Å². The number of carbonyl (C=O) groups excluding carboxylic acids is 1. The van der Waals surface area contributed by atoms with Gasteiger partial charge in [-0.3, -0.25) is 14.2 Å². The Hall–Kier alpha value is -2.36. The van der Waals surface area contributed by atoms with Gasteiger partial charge in [0.05, 0.1) is 0 Å². The molecule has 1 aliphatic heterocycles. The largest absolute Gasteiger partial charge is 0.336 e. The molecular weight excluding hydrogens is 308 g/mol. The number of aromatic nitrogens is 2. The van der Waals surface area contributed by atoms with Crippen molar-refractivity contribution in [3.63, 3.8) is 0 Å². The molecule has 2 aliphatic rings. The maximum atomic E-state index is 12.7. The van der Waals surface area contributed by atoms with Gasteiger partial charge in [-0.25, -0.2) is 9.36 Å². The lowest BCUT2D eigenvalue weighted by molar-refractivity contribution is -0.138. The van der Waals surface area contributed by atoms with Crippen LogP contribution in [-0.2, 0) is 11.3 Å². The van der Waals surface area contributed by atoms with Crippen LogP contribution in [0, 0.1) is 11.3 Å². The quantitative estimate of drug-likeness (QED) is 0.827. The summed E-state index contributed by atoms with van der Waals surface area (Å²) in [5.74, 6) is -0.230. The zero-order valence-electron chi connectivity index (χ0n) is 14.1. The van der Waals surface area contributed by atoms with Gasteiger partial charge < -0.3 is 4.90 Å². The summed E-state index contributed by atoms with van der Waals surface area (Å²) < 4.78 is 2.35. The molecule has 0 spiro atoms. The number of likely N-dealkylation sites (tertiary alicyclic amines) is 1. The van der Waals surface area contributed by atoms with Crippen LogP contribution in [0.15, 0.2) is 15.8 Å². The fraction of sp³-hybridized carbons (Fsp3) is 0.647. The number of amides is 1. The Morgan fingerprint density at radius 1 is 1.21 bits per heavy atom. The van der Waals surface area contributed by atoms with Crippen molar-refractivity contribution in [2.24, 2.45) is 0 Å². The molecule has 7 nitrogen and oxygen atoms in total. The van der Waals surface area contributed by atoms with E-state index in [1.54, 1.807) is 4.90 Å². The van der Waals surface area contributed by atoms with E-state index in [1.807, 2.05) is 19.9 Å². The second kappa shape index (κ2) is 6.27. The maximum absolute atomic E-state index is 12.7. The standard InChI is InChI=1S/C17H22N4O3/c1-11-4-3-5-12(2)21(11)15(22)10-20-16(23)13(8-18)9-19(17(20)24)14-6-7-14/h9,11-12,14H,3-7,10H2,1-2H3/t11-,12+. The second-order valence-electron chi connectivity index (χ2n) is 6.90. The Labute approximate surface area is 140 Å². The molecule has 128 valence electrons. The highest BCUT2D eigenvalue weighted by Gasteiger charge is 2.31. The molecule has 0 bridgehead atoms. The first-order valence-corrected chi connectivity index (χ1v) is 8.51. The summed E-state index contributed by atoms with van der Waals surface area (Å²) >= 11 is 0. The molecule has 2 heterocycles. The third kappa shape index (κ3) is 2.88. The Morgan fingerprint density at radius 3 is 2.38 bits per heavy atom. The van der Waals surface area contributed by atoms with Crippen LogP contribution in [-0.4, -0.2) is 32.0 Å². The van der Waals surface area contributed by atoms with Gasteiger partial charge in [0.2, 0.25) is 5.91 Å². The summed E-state index contributed by atoms with van der Waals surface area (Å²) in [6.45, 7) is 3.68. The summed E-state index contributed by atoms with van der Waals surface area (Å²) in [6, 6.07) is 2.08. The van der Waals surface area contributed by atoms with E-state index in [2.05, 4.69) is 0 Å². The van der Waals surface area contributed by atoms with E-state index in [0.29, 0.717) is 0 Å². The van der Waals surface area contributed by atoms with Crippen LogP contribution in [0.3, 0.4) is 0 Å². The highest BCUT2D eigenvalue weighted by Crippen LogP contribution is 2.33. The summed E-state index contributed by atoms with van der Waals surface area (Å²) in [7, 11) is 0. The number of nitrogens with zero attached hydrogens (tertiary/aromatic N) is 4. The monoisotopic (exact) mass is 330 g/mol. The van der Waals surface area contributed by atoms with Gasteiger partial charge in [0, 0.05) is 24.3 Å². The van der Waals surface area contributed by atoms with Crippen molar-refractivity contribution in [3.8, 4) is 6.07 Å². The Kier molecular flexibility index (Phi) is 4.31. The SMILES string of the molecule is C[C@@H]1CCC[C@H](C)N1C(=O)Cn1c(=O)c(C#N)cn(C2CC2)c1=O. The van der Waals surface area contributed by atoms with Gasteiger partial charge >= 0.3 is 5.69 Å². The molecule has 24 heavy (non-hydrogen) atoms. The van der Waals surface area contributed by atoms with Crippen LogP contribution in [0.25, 0.3) is 0 Å². The second-order valence-corrected chi connectivity index (χ2v) is 6.90. The lowest BCUT2D eigenvalue weighted by Gasteiger charge is -2.39. The highest BCUT2D eigenvalue weighted by atomic mass is 16.2. The Bertz CT molecular complexity index is 803. The van der Waals surface area contributed by atoms with Crippen LogP contribution in [0.4, 0.5) is 0 Å². The van der Waals surface area contributed by atoms with Crippen molar-refractivity contribution in [1.82, 2.24) is 14.0 Å². The van der Waals surface area contributed by atoms with Gasteiger partial charge in [-0.05, 0) is 46.0 Å². The minimum atomic E-state index is -0.676. The lowest BCUT2D eigenvalue weighted by atomic mass is 9.97. The molecule has 1 aliphatic carbocycles. The minimum absolute atomic E-state index is 0.0411. The van der Waals surface area contributed by atoms with Crippen molar-refractivity contribution >= 4 is 5.91 Å². The van der Waals surface area contributed by atoms with Crippen LogP contribution in [0.5, 0.6) is 0 Å². The van der Waals surface area contributed by atoms with E-state index in [0.717, 1.165) is 36.7 Å². The molecule has 1 saturated heterocycles. The normalized spacial score (nSPS) is 23.8. The number of carbonyl (C=O) groups is 1. The molecule has 0 N–H and O–H groups in total. The smallest absolute Gasteiger partial charge is 0.331 e. The van der Waals surface area contributed by atoms with Gasteiger partial charge in [-0.15, -0.1) is 0 Å². The number of rotatable bonds is 3. The zero-order valence-corrected chi connectivity index (χ0v) is 14.1. The fourth-order valence-electron chi connectivity index (χ4n) is 3.58. The molecule has 0 radical (unpaired) electrons.